The average Bonchev–Trinajstić information content (AvgIpc) is 2.50. The van der Waals surface area contributed by atoms with Crippen LogP contribution >= 0.6 is 11.8 Å². The molecule has 0 spiro atoms. The third-order valence-electron chi connectivity index (χ3n) is 3.15. The Labute approximate surface area is 127 Å². The summed E-state index contributed by atoms with van der Waals surface area (Å²) in [5.41, 5.74) is 6.40. The van der Waals surface area contributed by atoms with E-state index in [9.17, 15) is 4.79 Å². The van der Waals surface area contributed by atoms with Crippen molar-refractivity contribution in [2.24, 2.45) is 5.10 Å². The fraction of sp³-hybridized carbons (Fsp3) is 0.125. The Bertz CT molecular complexity index is 740. The third kappa shape index (κ3) is 2.92. The smallest absolute Gasteiger partial charge is 0.236 e. The summed E-state index contributed by atoms with van der Waals surface area (Å²) in [5.74, 6) is -0.171. The molecule has 4 nitrogen and oxygen atoms in total. The molecule has 0 bridgehead atoms. The number of anilines is 2. The fourth-order valence-electron chi connectivity index (χ4n) is 2.09. The van der Waals surface area contributed by atoms with E-state index < -0.39 is 0 Å². The Morgan fingerprint density at radius 2 is 1.86 bits per heavy atom. The molecule has 1 aliphatic heterocycles. The van der Waals surface area contributed by atoms with Crippen LogP contribution in [0.1, 0.15) is 19.4 Å². The van der Waals surface area contributed by atoms with E-state index in [2.05, 4.69) is 40.1 Å². The molecule has 0 saturated carbocycles. The van der Waals surface area contributed by atoms with Gasteiger partial charge in [0, 0.05) is 16.7 Å². The summed E-state index contributed by atoms with van der Waals surface area (Å²) in [5, 5.41) is 7.51. The number of nitrogens with one attached hydrogen (secondary N) is 2. The Morgan fingerprint density at radius 1 is 1.10 bits per heavy atom. The normalized spacial score (nSPS) is 13.0. The van der Waals surface area contributed by atoms with Crippen molar-refractivity contribution in [1.82, 2.24) is 5.43 Å². The molecule has 1 aliphatic rings. The first-order valence-corrected chi connectivity index (χ1v) is 7.44. The number of rotatable bonds is 2. The average molecular weight is 297 g/mol. The molecule has 0 fully saturated rings. The summed E-state index contributed by atoms with van der Waals surface area (Å²) < 4.78 is 0. The highest BCUT2D eigenvalue weighted by atomic mass is 32.2. The van der Waals surface area contributed by atoms with Crippen LogP contribution in [0.5, 0.6) is 0 Å². The zero-order valence-electron chi connectivity index (χ0n) is 11.8. The van der Waals surface area contributed by atoms with Gasteiger partial charge in [0.15, 0.2) is 0 Å². The van der Waals surface area contributed by atoms with Crippen LogP contribution in [0.25, 0.3) is 0 Å². The predicted octanol–water partition coefficient (Wildman–Crippen LogP) is 3.75. The predicted molar refractivity (Wildman–Crippen MR) is 86.3 cm³/mol. The standard InChI is InChI=1S/C16H15N3OS/c1-10(18-19-11(2)20)12-7-8-16-14(9-12)17-13-5-3-4-6-15(13)21-16/h3-9,17H,1-2H3,(H,19,20)/b18-10-. The summed E-state index contributed by atoms with van der Waals surface area (Å²) in [6.45, 7) is 3.32. The van der Waals surface area contributed by atoms with Gasteiger partial charge in [-0.1, -0.05) is 30.0 Å². The first-order valence-electron chi connectivity index (χ1n) is 6.62. The van der Waals surface area contributed by atoms with Crippen LogP contribution in [0.4, 0.5) is 11.4 Å². The fourth-order valence-corrected chi connectivity index (χ4v) is 3.06. The highest BCUT2D eigenvalue weighted by Crippen LogP contribution is 2.44. The largest absolute Gasteiger partial charge is 0.354 e. The highest BCUT2D eigenvalue weighted by Gasteiger charge is 2.15. The van der Waals surface area contributed by atoms with E-state index in [0.29, 0.717) is 0 Å². The molecule has 1 heterocycles. The van der Waals surface area contributed by atoms with Crippen molar-refractivity contribution in [3.8, 4) is 0 Å². The lowest BCUT2D eigenvalue weighted by molar-refractivity contribution is -0.118. The molecule has 1 amide bonds. The van der Waals surface area contributed by atoms with Gasteiger partial charge in [0.2, 0.25) is 5.91 Å². The van der Waals surface area contributed by atoms with Crippen LogP contribution in [0.2, 0.25) is 0 Å². The van der Waals surface area contributed by atoms with Gasteiger partial charge in [0.1, 0.15) is 0 Å². The number of carbonyl (C=O) groups excluding carboxylic acids is 1. The molecule has 0 aromatic heterocycles. The molecule has 0 aliphatic carbocycles. The summed E-state index contributed by atoms with van der Waals surface area (Å²) in [4.78, 5) is 13.3. The minimum atomic E-state index is -0.171. The van der Waals surface area contributed by atoms with Crippen molar-refractivity contribution in [1.29, 1.82) is 0 Å². The molecule has 106 valence electrons. The molecule has 0 atom stereocenters. The minimum absolute atomic E-state index is 0.171. The van der Waals surface area contributed by atoms with Gasteiger partial charge in [0.05, 0.1) is 17.1 Å². The van der Waals surface area contributed by atoms with Crippen LogP contribution in [-0.4, -0.2) is 11.6 Å². The molecule has 3 rings (SSSR count). The molecule has 21 heavy (non-hydrogen) atoms. The second-order valence-electron chi connectivity index (χ2n) is 4.80. The van der Waals surface area contributed by atoms with E-state index in [1.807, 2.05) is 25.1 Å². The SMILES string of the molecule is CC(=O)N/N=C(/C)c1ccc2c(c1)Nc1ccccc1S2. The zero-order chi connectivity index (χ0) is 14.8. The zero-order valence-corrected chi connectivity index (χ0v) is 12.6. The topological polar surface area (TPSA) is 53.5 Å². The number of benzene rings is 2. The van der Waals surface area contributed by atoms with E-state index in [4.69, 9.17) is 0 Å². The molecular weight excluding hydrogens is 282 g/mol. The van der Waals surface area contributed by atoms with Crippen molar-refractivity contribution < 1.29 is 4.79 Å². The molecule has 2 aromatic carbocycles. The molecule has 5 heteroatoms. The maximum absolute atomic E-state index is 10.9. The van der Waals surface area contributed by atoms with E-state index in [1.165, 1.54) is 16.7 Å². The number of nitrogens with zero attached hydrogens (tertiary/aromatic N) is 1. The summed E-state index contributed by atoms with van der Waals surface area (Å²) >= 11 is 1.75. The first-order chi connectivity index (χ1) is 10.1. The Kier molecular flexibility index (Phi) is 3.66. The Morgan fingerprint density at radius 3 is 2.67 bits per heavy atom. The molecule has 2 N–H and O–H groups in total. The van der Waals surface area contributed by atoms with E-state index in [0.717, 1.165) is 22.6 Å². The van der Waals surface area contributed by atoms with Crippen molar-refractivity contribution >= 4 is 34.8 Å². The molecule has 2 aromatic rings. The second kappa shape index (κ2) is 5.61. The Hall–Kier alpha value is -2.27. The highest BCUT2D eigenvalue weighted by molar-refractivity contribution is 7.99. The van der Waals surface area contributed by atoms with Gasteiger partial charge in [-0.3, -0.25) is 4.79 Å². The van der Waals surface area contributed by atoms with Crippen molar-refractivity contribution in [2.45, 2.75) is 23.6 Å². The number of para-hydroxylation sites is 1. The number of fused-ring (bicyclic) bond motifs is 2. The number of carbonyl (C=O) groups is 1. The van der Waals surface area contributed by atoms with Gasteiger partial charge >= 0.3 is 0 Å². The summed E-state index contributed by atoms with van der Waals surface area (Å²) in [7, 11) is 0. The molecule has 0 unspecified atom stereocenters. The third-order valence-corrected chi connectivity index (χ3v) is 4.31. The maximum atomic E-state index is 10.9. The maximum Gasteiger partial charge on any atom is 0.236 e. The van der Waals surface area contributed by atoms with Crippen LogP contribution in [0.3, 0.4) is 0 Å². The lowest BCUT2D eigenvalue weighted by Gasteiger charge is -2.21. The lowest BCUT2D eigenvalue weighted by Crippen LogP contribution is -2.15. The van der Waals surface area contributed by atoms with E-state index in [-0.39, 0.29) is 5.91 Å². The quantitative estimate of drug-likeness (QED) is 0.559. The number of hydrogen-bond acceptors (Lipinski definition) is 4. The van der Waals surface area contributed by atoms with Gasteiger partial charge < -0.3 is 5.32 Å². The lowest BCUT2D eigenvalue weighted by atomic mass is 10.1. The summed E-state index contributed by atoms with van der Waals surface area (Å²) in [6, 6.07) is 14.4. The van der Waals surface area contributed by atoms with Crippen LogP contribution in [-0.2, 0) is 4.79 Å². The van der Waals surface area contributed by atoms with E-state index >= 15 is 0 Å². The van der Waals surface area contributed by atoms with Gasteiger partial charge in [-0.2, -0.15) is 5.10 Å². The van der Waals surface area contributed by atoms with Gasteiger partial charge in [0.25, 0.3) is 0 Å². The van der Waals surface area contributed by atoms with E-state index in [1.54, 1.807) is 11.8 Å². The Balaban J connectivity index is 1.90. The van der Waals surface area contributed by atoms with Crippen LogP contribution in [0, 0.1) is 0 Å². The number of hydrogen-bond donors (Lipinski definition) is 2. The van der Waals surface area contributed by atoms with Crippen molar-refractivity contribution in [2.75, 3.05) is 5.32 Å². The van der Waals surface area contributed by atoms with Gasteiger partial charge in [-0.05, 0) is 36.8 Å². The molecular formula is C16H15N3OS. The number of hydrazone groups is 1. The van der Waals surface area contributed by atoms with Gasteiger partial charge in [-0.25, -0.2) is 5.43 Å². The summed E-state index contributed by atoms with van der Waals surface area (Å²) in [6.07, 6.45) is 0. The van der Waals surface area contributed by atoms with Crippen LogP contribution in [0.15, 0.2) is 57.4 Å². The molecule has 0 radical (unpaired) electrons. The minimum Gasteiger partial charge on any atom is -0.354 e. The van der Waals surface area contributed by atoms with Crippen LogP contribution < -0.4 is 10.7 Å². The van der Waals surface area contributed by atoms with Crippen molar-refractivity contribution in [3.63, 3.8) is 0 Å². The number of amides is 1. The van der Waals surface area contributed by atoms with Crippen molar-refractivity contribution in [3.05, 3.63) is 48.0 Å². The second-order valence-corrected chi connectivity index (χ2v) is 5.88. The molecule has 0 saturated heterocycles. The van der Waals surface area contributed by atoms with Gasteiger partial charge in [-0.15, -0.1) is 0 Å². The first kappa shape index (κ1) is 13.7. The monoisotopic (exact) mass is 297 g/mol.